The van der Waals surface area contributed by atoms with Crippen molar-refractivity contribution < 1.29 is 24.3 Å². The highest BCUT2D eigenvalue weighted by atomic mass is 16.3. The average Bonchev–Trinajstić information content (AvgIpc) is 3.37. The Labute approximate surface area is 191 Å². The second-order valence-electron chi connectivity index (χ2n) is 9.54. The summed E-state index contributed by atoms with van der Waals surface area (Å²) in [5.41, 5.74) is 1.28. The van der Waals surface area contributed by atoms with Crippen LogP contribution in [0.15, 0.2) is 24.3 Å². The molecule has 1 spiro atoms. The zero-order valence-electron chi connectivity index (χ0n) is 18.5. The van der Waals surface area contributed by atoms with Gasteiger partial charge in [0.05, 0.1) is 0 Å². The molecular formula is C24H28N4O5. The number of imide groups is 1. The van der Waals surface area contributed by atoms with Crippen molar-refractivity contribution in [1.82, 2.24) is 19.7 Å². The zero-order chi connectivity index (χ0) is 23.2. The van der Waals surface area contributed by atoms with E-state index in [0.29, 0.717) is 31.9 Å². The topological polar surface area (TPSA) is 114 Å². The van der Waals surface area contributed by atoms with Crippen LogP contribution in [0.4, 0.5) is 0 Å². The van der Waals surface area contributed by atoms with Crippen LogP contribution in [0.5, 0.6) is 5.75 Å². The number of nitrogens with zero attached hydrogens (tertiary/aromatic N) is 3. The second-order valence-corrected chi connectivity index (χ2v) is 9.54. The fourth-order valence-corrected chi connectivity index (χ4v) is 5.45. The van der Waals surface area contributed by atoms with Crippen LogP contribution in [0, 0.1) is 5.41 Å². The third-order valence-corrected chi connectivity index (χ3v) is 7.41. The summed E-state index contributed by atoms with van der Waals surface area (Å²) in [6.45, 7) is 2.32. The van der Waals surface area contributed by atoms with Gasteiger partial charge in [-0.2, -0.15) is 0 Å². The average molecular weight is 453 g/mol. The number of phenolic OH excluding ortho intramolecular Hbond substituents is 1. The minimum absolute atomic E-state index is 0.0318. The molecule has 9 nitrogen and oxygen atoms in total. The fourth-order valence-electron chi connectivity index (χ4n) is 5.45. The Morgan fingerprint density at radius 3 is 2.42 bits per heavy atom. The highest BCUT2D eigenvalue weighted by Gasteiger charge is 2.41. The van der Waals surface area contributed by atoms with Gasteiger partial charge in [-0.1, -0.05) is 0 Å². The molecule has 4 amide bonds. The van der Waals surface area contributed by atoms with E-state index in [1.165, 1.54) is 0 Å². The first-order valence-corrected chi connectivity index (χ1v) is 11.6. The van der Waals surface area contributed by atoms with Crippen LogP contribution in [0.25, 0.3) is 10.9 Å². The Bertz CT molecular complexity index is 1120. The van der Waals surface area contributed by atoms with E-state index in [1.807, 2.05) is 4.90 Å². The summed E-state index contributed by atoms with van der Waals surface area (Å²) >= 11 is 0. The van der Waals surface area contributed by atoms with Gasteiger partial charge in [-0.25, -0.2) is 0 Å². The van der Waals surface area contributed by atoms with Gasteiger partial charge in [0.1, 0.15) is 18.0 Å². The molecule has 1 aromatic heterocycles. The molecule has 3 fully saturated rings. The number of carbonyl (C=O) groups is 4. The number of nitrogens with one attached hydrogen (secondary N) is 1. The Morgan fingerprint density at radius 2 is 1.70 bits per heavy atom. The van der Waals surface area contributed by atoms with Gasteiger partial charge in [-0.05, 0) is 55.4 Å². The summed E-state index contributed by atoms with van der Waals surface area (Å²) in [5, 5.41) is 10.5. The van der Waals surface area contributed by atoms with Crippen LogP contribution < -0.4 is 0 Å². The van der Waals surface area contributed by atoms with E-state index < -0.39 is 0 Å². The maximum absolute atomic E-state index is 13.1. The quantitative estimate of drug-likeness (QED) is 0.690. The molecule has 5 rings (SSSR count). The number of fused-ring (bicyclic) bond motifs is 1. The molecule has 0 radical (unpaired) electrons. The Hall–Kier alpha value is -3.36. The van der Waals surface area contributed by atoms with Gasteiger partial charge in [0, 0.05) is 49.9 Å². The number of hydrogen-bond donors (Lipinski definition) is 2. The van der Waals surface area contributed by atoms with Gasteiger partial charge >= 0.3 is 0 Å². The van der Waals surface area contributed by atoms with Crippen LogP contribution in [0.1, 0.15) is 49.0 Å². The van der Waals surface area contributed by atoms with E-state index in [9.17, 15) is 24.3 Å². The Kier molecular flexibility index (Phi) is 5.34. The Morgan fingerprint density at radius 1 is 0.970 bits per heavy atom. The maximum Gasteiger partial charge on any atom is 0.270 e. The minimum Gasteiger partial charge on any atom is -0.508 e. The first-order valence-electron chi connectivity index (χ1n) is 11.6. The molecule has 0 unspecified atom stereocenters. The molecule has 3 aliphatic rings. The summed E-state index contributed by atoms with van der Waals surface area (Å²) < 4.78 is 0. The molecule has 9 heteroatoms. The van der Waals surface area contributed by atoms with E-state index in [2.05, 4.69) is 4.98 Å². The van der Waals surface area contributed by atoms with Gasteiger partial charge in [0.15, 0.2) is 0 Å². The molecule has 174 valence electrons. The van der Waals surface area contributed by atoms with Gasteiger partial charge in [0.25, 0.3) is 5.91 Å². The zero-order valence-corrected chi connectivity index (χ0v) is 18.5. The van der Waals surface area contributed by atoms with Crippen molar-refractivity contribution in [3.63, 3.8) is 0 Å². The first-order chi connectivity index (χ1) is 15.8. The van der Waals surface area contributed by atoms with Crippen LogP contribution in [0.3, 0.4) is 0 Å². The fraction of sp³-hybridized carbons (Fsp3) is 0.500. The number of piperidine rings is 2. The van der Waals surface area contributed by atoms with E-state index in [0.717, 1.165) is 41.5 Å². The molecule has 1 aromatic carbocycles. The Balaban J connectivity index is 1.21. The van der Waals surface area contributed by atoms with Crippen molar-refractivity contribution in [3.05, 3.63) is 30.0 Å². The summed E-state index contributed by atoms with van der Waals surface area (Å²) in [6, 6.07) is 6.74. The van der Waals surface area contributed by atoms with E-state index >= 15 is 0 Å². The number of rotatable bonds is 3. The van der Waals surface area contributed by atoms with Crippen molar-refractivity contribution in [1.29, 1.82) is 0 Å². The number of aromatic hydroxyl groups is 1. The largest absolute Gasteiger partial charge is 0.508 e. The lowest BCUT2D eigenvalue weighted by Gasteiger charge is -2.47. The van der Waals surface area contributed by atoms with Crippen molar-refractivity contribution in [3.8, 4) is 5.75 Å². The van der Waals surface area contributed by atoms with Crippen LogP contribution in [0.2, 0.25) is 0 Å². The number of H-pyrrole nitrogens is 1. The van der Waals surface area contributed by atoms with Crippen molar-refractivity contribution in [2.75, 3.05) is 32.7 Å². The van der Waals surface area contributed by atoms with Crippen molar-refractivity contribution in [2.45, 2.75) is 38.5 Å². The second kappa shape index (κ2) is 8.20. The number of amides is 4. The van der Waals surface area contributed by atoms with E-state index in [4.69, 9.17) is 0 Å². The highest BCUT2D eigenvalue weighted by Crippen LogP contribution is 2.40. The minimum atomic E-state index is -0.265. The highest BCUT2D eigenvalue weighted by molar-refractivity contribution is 6.04. The normalized spacial score (nSPS) is 20.8. The molecule has 0 bridgehead atoms. The number of aromatic nitrogens is 1. The number of carbonyl (C=O) groups excluding carboxylic acids is 4. The molecule has 0 atom stereocenters. The lowest BCUT2D eigenvalue weighted by atomic mass is 9.72. The number of aromatic amines is 1. The number of likely N-dealkylation sites (tertiary alicyclic amines) is 3. The standard InChI is InChI=1S/C24H28N4O5/c29-17-2-3-18-16(12-17)13-19(25-18)23(33)26-10-7-24(8-11-26)6-1-9-27(15-24)22(32)14-28-20(30)4-5-21(28)31/h2-3,12-13,25,29H,1,4-11,14-15H2. The maximum atomic E-state index is 13.1. The van der Waals surface area contributed by atoms with E-state index in [1.54, 1.807) is 29.2 Å². The number of phenols is 1. The van der Waals surface area contributed by atoms with Crippen LogP contribution in [-0.2, 0) is 14.4 Å². The SMILES string of the molecule is O=C(CN1C(=O)CCC1=O)N1CCCC2(CCN(C(=O)c3cc4cc(O)ccc4[nH]3)CC2)C1. The predicted molar refractivity (Wildman–Crippen MR) is 119 cm³/mol. The van der Waals surface area contributed by atoms with Gasteiger partial charge < -0.3 is 19.9 Å². The first kappa shape index (κ1) is 21.5. The summed E-state index contributed by atoms with van der Waals surface area (Å²) in [6.07, 6.45) is 3.89. The molecule has 4 heterocycles. The molecule has 3 saturated heterocycles. The third-order valence-electron chi connectivity index (χ3n) is 7.41. The molecule has 0 saturated carbocycles. The summed E-state index contributed by atoms with van der Waals surface area (Å²) in [5.74, 6) is -0.596. The van der Waals surface area contributed by atoms with Gasteiger partial charge in [0.2, 0.25) is 17.7 Å². The molecule has 3 aliphatic heterocycles. The van der Waals surface area contributed by atoms with E-state index in [-0.39, 0.29) is 54.2 Å². The summed E-state index contributed by atoms with van der Waals surface area (Å²) in [7, 11) is 0. The van der Waals surface area contributed by atoms with Crippen LogP contribution >= 0.6 is 0 Å². The summed E-state index contributed by atoms with van der Waals surface area (Å²) in [4.78, 5) is 57.5. The lowest BCUT2D eigenvalue weighted by Crippen LogP contribution is -2.53. The smallest absolute Gasteiger partial charge is 0.270 e. The lowest BCUT2D eigenvalue weighted by molar-refractivity contribution is -0.147. The molecule has 33 heavy (non-hydrogen) atoms. The predicted octanol–water partition coefficient (Wildman–Crippen LogP) is 1.87. The molecule has 2 N–H and O–H groups in total. The van der Waals surface area contributed by atoms with Crippen molar-refractivity contribution >= 4 is 34.5 Å². The van der Waals surface area contributed by atoms with Gasteiger partial charge in [-0.15, -0.1) is 0 Å². The monoisotopic (exact) mass is 452 g/mol. The number of benzene rings is 1. The molecule has 0 aliphatic carbocycles. The van der Waals surface area contributed by atoms with Crippen molar-refractivity contribution in [2.24, 2.45) is 5.41 Å². The third kappa shape index (κ3) is 4.07. The molecular weight excluding hydrogens is 424 g/mol. The number of hydrogen-bond acceptors (Lipinski definition) is 5. The van der Waals surface area contributed by atoms with Crippen LogP contribution in [-0.4, -0.2) is 81.1 Å². The molecule has 2 aromatic rings. The van der Waals surface area contributed by atoms with Gasteiger partial charge in [-0.3, -0.25) is 24.1 Å².